The highest BCUT2D eigenvalue weighted by molar-refractivity contribution is 6.21. The van der Waals surface area contributed by atoms with Crippen molar-refractivity contribution in [2.24, 2.45) is 0 Å². The summed E-state index contributed by atoms with van der Waals surface area (Å²) in [5.41, 5.74) is 0.748. The van der Waals surface area contributed by atoms with Crippen molar-refractivity contribution in [1.82, 2.24) is 0 Å². The van der Waals surface area contributed by atoms with E-state index in [0.29, 0.717) is 6.42 Å². The van der Waals surface area contributed by atoms with E-state index in [2.05, 4.69) is 5.32 Å². The van der Waals surface area contributed by atoms with Gasteiger partial charge in [-0.25, -0.2) is 0 Å². The Hall–Kier alpha value is -1.22. The van der Waals surface area contributed by atoms with Gasteiger partial charge in [0.25, 0.3) is 0 Å². The first kappa shape index (κ1) is 11.9. The number of carbonyl (C=O) groups excluding carboxylic acids is 1. The van der Waals surface area contributed by atoms with E-state index < -0.39 is 0 Å². The number of amides is 1. The predicted octanol–water partition coefficient (Wildman–Crippen LogP) is 2.65. The van der Waals surface area contributed by atoms with Gasteiger partial charge in [-0.15, -0.1) is 11.6 Å². The fourth-order valence-corrected chi connectivity index (χ4v) is 1.28. The Morgan fingerprint density at radius 1 is 1.47 bits per heavy atom. The summed E-state index contributed by atoms with van der Waals surface area (Å²) < 4.78 is 5.00. The van der Waals surface area contributed by atoms with Gasteiger partial charge in [0.2, 0.25) is 5.91 Å². The number of anilines is 1. The predicted molar refractivity (Wildman–Crippen MR) is 61.6 cm³/mol. The lowest BCUT2D eigenvalue weighted by molar-refractivity contribution is -0.116. The lowest BCUT2D eigenvalue weighted by Gasteiger charge is -2.06. The van der Waals surface area contributed by atoms with E-state index in [9.17, 15) is 4.79 Å². The van der Waals surface area contributed by atoms with Gasteiger partial charge >= 0.3 is 0 Å². The monoisotopic (exact) mass is 227 g/mol. The number of nitrogens with one attached hydrogen (secondary N) is 1. The van der Waals surface area contributed by atoms with Crippen molar-refractivity contribution in [1.29, 1.82) is 0 Å². The second kappa shape index (κ2) is 5.61. The van der Waals surface area contributed by atoms with Crippen LogP contribution < -0.4 is 10.1 Å². The van der Waals surface area contributed by atoms with Gasteiger partial charge < -0.3 is 10.1 Å². The fourth-order valence-electron chi connectivity index (χ4n) is 1.14. The zero-order valence-corrected chi connectivity index (χ0v) is 9.54. The number of ether oxygens (including phenoxy) is 1. The number of benzene rings is 1. The van der Waals surface area contributed by atoms with Crippen molar-refractivity contribution in [3.8, 4) is 5.75 Å². The molecule has 0 fully saturated rings. The fraction of sp³-hybridized carbons (Fsp3) is 0.364. The van der Waals surface area contributed by atoms with Crippen LogP contribution in [0.15, 0.2) is 24.3 Å². The molecule has 1 rings (SSSR count). The van der Waals surface area contributed by atoms with Crippen LogP contribution in [-0.2, 0) is 4.79 Å². The van der Waals surface area contributed by atoms with E-state index in [1.165, 1.54) is 0 Å². The van der Waals surface area contributed by atoms with Crippen LogP contribution in [0.4, 0.5) is 5.69 Å². The first-order valence-electron chi connectivity index (χ1n) is 4.70. The molecular weight excluding hydrogens is 214 g/mol. The summed E-state index contributed by atoms with van der Waals surface area (Å²) in [4.78, 5) is 11.4. The number of hydrogen-bond donors (Lipinski definition) is 1. The molecule has 15 heavy (non-hydrogen) atoms. The van der Waals surface area contributed by atoms with Crippen LogP contribution in [-0.4, -0.2) is 18.4 Å². The molecule has 0 bridgehead atoms. The Labute approximate surface area is 94.4 Å². The minimum atomic E-state index is -0.150. The van der Waals surface area contributed by atoms with Crippen LogP contribution >= 0.6 is 11.6 Å². The molecule has 0 aromatic heterocycles. The lowest BCUT2D eigenvalue weighted by atomic mass is 10.2. The van der Waals surface area contributed by atoms with Gasteiger partial charge in [0.05, 0.1) is 7.11 Å². The van der Waals surface area contributed by atoms with E-state index in [1.54, 1.807) is 38.3 Å². The van der Waals surface area contributed by atoms with Crippen molar-refractivity contribution >= 4 is 23.2 Å². The highest BCUT2D eigenvalue weighted by Crippen LogP contribution is 2.15. The minimum Gasteiger partial charge on any atom is -0.497 e. The van der Waals surface area contributed by atoms with Crippen molar-refractivity contribution in [3.05, 3.63) is 24.3 Å². The van der Waals surface area contributed by atoms with E-state index in [4.69, 9.17) is 16.3 Å². The van der Waals surface area contributed by atoms with Crippen molar-refractivity contribution < 1.29 is 9.53 Å². The highest BCUT2D eigenvalue weighted by atomic mass is 35.5. The van der Waals surface area contributed by atoms with E-state index in [1.807, 2.05) is 0 Å². The SMILES string of the molecule is COc1ccc(NC(=O)CC(C)Cl)cc1. The summed E-state index contributed by atoms with van der Waals surface area (Å²) in [7, 11) is 1.60. The number of methoxy groups -OCH3 is 1. The largest absolute Gasteiger partial charge is 0.497 e. The molecule has 1 aromatic carbocycles. The third-order valence-corrected chi connectivity index (χ3v) is 1.99. The van der Waals surface area contributed by atoms with Gasteiger partial charge in [0.15, 0.2) is 0 Å². The molecular formula is C11H14ClNO2. The number of halogens is 1. The zero-order valence-electron chi connectivity index (χ0n) is 8.79. The molecule has 1 N–H and O–H groups in total. The highest BCUT2D eigenvalue weighted by Gasteiger charge is 2.06. The normalized spacial score (nSPS) is 11.9. The Bertz CT molecular complexity index is 322. The topological polar surface area (TPSA) is 38.3 Å². The molecule has 1 aromatic rings. The Morgan fingerprint density at radius 2 is 2.07 bits per heavy atom. The molecule has 1 unspecified atom stereocenters. The van der Waals surface area contributed by atoms with Crippen LogP contribution in [0.25, 0.3) is 0 Å². The first-order valence-corrected chi connectivity index (χ1v) is 5.13. The maximum Gasteiger partial charge on any atom is 0.225 e. The van der Waals surface area contributed by atoms with Gasteiger partial charge in [0.1, 0.15) is 5.75 Å². The van der Waals surface area contributed by atoms with Gasteiger partial charge in [-0.1, -0.05) is 0 Å². The number of rotatable bonds is 4. The smallest absolute Gasteiger partial charge is 0.225 e. The molecule has 0 saturated carbocycles. The summed E-state index contributed by atoms with van der Waals surface area (Å²) >= 11 is 5.71. The van der Waals surface area contributed by atoms with Crippen LogP contribution in [0.2, 0.25) is 0 Å². The van der Waals surface area contributed by atoms with Gasteiger partial charge in [-0.05, 0) is 31.2 Å². The molecule has 0 radical (unpaired) electrons. The average molecular weight is 228 g/mol. The van der Waals surface area contributed by atoms with E-state index in [-0.39, 0.29) is 11.3 Å². The molecule has 1 amide bonds. The summed E-state index contributed by atoms with van der Waals surface area (Å²) in [5, 5.41) is 2.60. The maximum absolute atomic E-state index is 11.4. The van der Waals surface area contributed by atoms with Gasteiger partial charge in [-0.3, -0.25) is 4.79 Å². The number of hydrogen-bond acceptors (Lipinski definition) is 2. The summed E-state index contributed by atoms with van der Waals surface area (Å²) in [6.07, 6.45) is 0.313. The molecule has 0 aliphatic carbocycles. The molecule has 0 heterocycles. The summed E-state index contributed by atoms with van der Waals surface area (Å²) in [6, 6.07) is 7.16. The number of carbonyl (C=O) groups is 1. The quantitative estimate of drug-likeness (QED) is 0.804. The van der Waals surface area contributed by atoms with Crippen molar-refractivity contribution in [2.75, 3.05) is 12.4 Å². The Kier molecular flexibility index (Phi) is 4.43. The maximum atomic E-state index is 11.4. The molecule has 82 valence electrons. The molecule has 0 aliphatic heterocycles. The van der Waals surface area contributed by atoms with Crippen LogP contribution in [0.1, 0.15) is 13.3 Å². The molecule has 0 saturated heterocycles. The third-order valence-electron chi connectivity index (χ3n) is 1.84. The Morgan fingerprint density at radius 3 is 2.53 bits per heavy atom. The van der Waals surface area contributed by atoms with Gasteiger partial charge in [-0.2, -0.15) is 0 Å². The third kappa shape index (κ3) is 4.21. The van der Waals surface area contributed by atoms with Crippen LogP contribution in [0.3, 0.4) is 0 Å². The summed E-state index contributed by atoms with van der Waals surface area (Å²) in [5.74, 6) is 0.682. The van der Waals surface area contributed by atoms with Gasteiger partial charge in [0, 0.05) is 17.5 Å². The minimum absolute atomic E-state index is 0.0809. The van der Waals surface area contributed by atoms with Crippen LogP contribution in [0, 0.1) is 0 Å². The first-order chi connectivity index (χ1) is 7.11. The Balaban J connectivity index is 2.53. The lowest BCUT2D eigenvalue weighted by Crippen LogP contribution is -2.14. The standard InChI is InChI=1S/C11H14ClNO2/c1-8(12)7-11(14)13-9-3-5-10(15-2)6-4-9/h3-6,8H,7H2,1-2H3,(H,13,14). The second-order valence-electron chi connectivity index (χ2n) is 3.26. The molecule has 0 aliphatic rings. The van der Waals surface area contributed by atoms with Crippen molar-refractivity contribution in [3.63, 3.8) is 0 Å². The van der Waals surface area contributed by atoms with E-state index in [0.717, 1.165) is 11.4 Å². The molecule has 3 nitrogen and oxygen atoms in total. The second-order valence-corrected chi connectivity index (χ2v) is 4.01. The summed E-state index contributed by atoms with van der Waals surface area (Å²) in [6.45, 7) is 1.79. The van der Waals surface area contributed by atoms with E-state index >= 15 is 0 Å². The van der Waals surface area contributed by atoms with Crippen LogP contribution in [0.5, 0.6) is 5.75 Å². The molecule has 4 heteroatoms. The average Bonchev–Trinajstić information content (AvgIpc) is 2.17. The zero-order chi connectivity index (χ0) is 11.3. The number of alkyl halides is 1. The molecule has 1 atom stereocenters. The van der Waals surface area contributed by atoms with Crippen molar-refractivity contribution in [2.45, 2.75) is 18.7 Å². The molecule has 0 spiro atoms.